The fourth-order valence-corrected chi connectivity index (χ4v) is 2.90. The van der Waals surface area contributed by atoms with Gasteiger partial charge in [-0.2, -0.15) is 26.3 Å². The van der Waals surface area contributed by atoms with Crippen LogP contribution in [0.3, 0.4) is 0 Å². The lowest BCUT2D eigenvalue weighted by atomic mass is 9.84. The molecule has 1 aromatic rings. The standard InChI is InChI=1S/C15H16F6N2O/c1-8-9(6-7-12(22-8)15(19,20)21)13(24)23-11-5-3-2-4-10(11)14(16,17)18/h6-7,10-11H,2-5H2,1H3,(H,23,24). The van der Waals surface area contributed by atoms with Gasteiger partial charge < -0.3 is 5.32 Å². The van der Waals surface area contributed by atoms with Crippen LogP contribution in [0.15, 0.2) is 12.1 Å². The van der Waals surface area contributed by atoms with Gasteiger partial charge in [0.15, 0.2) is 0 Å². The van der Waals surface area contributed by atoms with Crippen molar-refractivity contribution in [1.29, 1.82) is 0 Å². The largest absolute Gasteiger partial charge is 0.433 e. The maximum atomic E-state index is 13.0. The lowest BCUT2D eigenvalue weighted by Crippen LogP contribution is -2.47. The van der Waals surface area contributed by atoms with Crippen molar-refractivity contribution in [3.63, 3.8) is 0 Å². The molecule has 24 heavy (non-hydrogen) atoms. The molecule has 0 radical (unpaired) electrons. The Morgan fingerprint density at radius 1 is 1.12 bits per heavy atom. The third-order valence-corrected chi connectivity index (χ3v) is 4.12. The summed E-state index contributed by atoms with van der Waals surface area (Å²) >= 11 is 0. The molecule has 2 unspecified atom stereocenters. The Kier molecular flexibility index (Phi) is 5.10. The number of nitrogens with zero attached hydrogens (tertiary/aromatic N) is 1. The predicted molar refractivity (Wildman–Crippen MR) is 73.2 cm³/mol. The van der Waals surface area contributed by atoms with E-state index in [1.54, 1.807) is 0 Å². The van der Waals surface area contributed by atoms with Gasteiger partial charge in [0.2, 0.25) is 0 Å². The Morgan fingerprint density at radius 3 is 2.29 bits per heavy atom. The zero-order valence-electron chi connectivity index (χ0n) is 12.8. The van der Waals surface area contributed by atoms with E-state index < -0.39 is 35.9 Å². The van der Waals surface area contributed by atoms with Crippen molar-refractivity contribution >= 4 is 5.91 Å². The van der Waals surface area contributed by atoms with Gasteiger partial charge in [-0.05, 0) is 31.9 Å². The second-order valence-electron chi connectivity index (χ2n) is 5.84. The highest BCUT2D eigenvalue weighted by Crippen LogP contribution is 2.38. The average Bonchev–Trinajstić information content (AvgIpc) is 2.45. The molecule has 1 amide bonds. The van der Waals surface area contributed by atoms with Crippen LogP contribution in [0.2, 0.25) is 0 Å². The molecule has 0 spiro atoms. The molecule has 1 N–H and O–H groups in total. The number of nitrogens with one attached hydrogen (secondary N) is 1. The first-order chi connectivity index (χ1) is 11.0. The van der Waals surface area contributed by atoms with Crippen LogP contribution in [0, 0.1) is 12.8 Å². The average molecular weight is 354 g/mol. The fraction of sp³-hybridized carbons (Fsp3) is 0.600. The van der Waals surface area contributed by atoms with Gasteiger partial charge in [0.25, 0.3) is 5.91 Å². The SMILES string of the molecule is Cc1nc(C(F)(F)F)ccc1C(=O)NC1CCCCC1C(F)(F)F. The molecule has 3 nitrogen and oxygen atoms in total. The maximum absolute atomic E-state index is 13.0. The minimum absolute atomic E-state index is 0.0707. The molecule has 1 aliphatic carbocycles. The summed E-state index contributed by atoms with van der Waals surface area (Å²) in [7, 11) is 0. The number of alkyl halides is 6. The van der Waals surface area contributed by atoms with E-state index in [1.165, 1.54) is 6.92 Å². The number of carbonyl (C=O) groups excluding carboxylic acids is 1. The third-order valence-electron chi connectivity index (χ3n) is 4.12. The van der Waals surface area contributed by atoms with Gasteiger partial charge >= 0.3 is 12.4 Å². The minimum atomic E-state index is -4.65. The molecule has 1 aromatic heterocycles. The summed E-state index contributed by atoms with van der Waals surface area (Å²) in [6.45, 7) is 1.21. The lowest BCUT2D eigenvalue weighted by molar-refractivity contribution is -0.187. The minimum Gasteiger partial charge on any atom is -0.349 e. The molecule has 0 saturated heterocycles. The van der Waals surface area contributed by atoms with Crippen LogP contribution in [0.5, 0.6) is 0 Å². The van der Waals surface area contributed by atoms with Crippen molar-refractivity contribution in [3.8, 4) is 0 Å². The van der Waals surface area contributed by atoms with Crippen molar-refractivity contribution in [2.75, 3.05) is 0 Å². The van der Waals surface area contributed by atoms with Crippen LogP contribution >= 0.6 is 0 Å². The number of pyridine rings is 1. The fourth-order valence-electron chi connectivity index (χ4n) is 2.90. The zero-order valence-corrected chi connectivity index (χ0v) is 12.8. The Hall–Kier alpha value is -1.80. The molecule has 0 aromatic carbocycles. The van der Waals surface area contributed by atoms with Gasteiger partial charge in [-0.25, -0.2) is 4.98 Å². The smallest absolute Gasteiger partial charge is 0.349 e. The van der Waals surface area contributed by atoms with Gasteiger partial charge in [0.1, 0.15) is 5.69 Å². The van der Waals surface area contributed by atoms with E-state index in [2.05, 4.69) is 10.3 Å². The van der Waals surface area contributed by atoms with Crippen LogP contribution in [0.1, 0.15) is 47.4 Å². The first-order valence-corrected chi connectivity index (χ1v) is 7.42. The van der Waals surface area contributed by atoms with Crippen LogP contribution in [0.4, 0.5) is 26.3 Å². The first kappa shape index (κ1) is 18.5. The molecular formula is C15H16F6N2O. The number of hydrogen-bond donors (Lipinski definition) is 1. The van der Waals surface area contributed by atoms with E-state index in [1.807, 2.05) is 0 Å². The summed E-state index contributed by atoms with van der Waals surface area (Å²) in [5, 5.41) is 2.31. The number of hydrogen-bond acceptors (Lipinski definition) is 2. The van der Waals surface area contributed by atoms with E-state index in [9.17, 15) is 31.1 Å². The molecule has 1 saturated carbocycles. The Labute approximate surface area is 134 Å². The summed E-state index contributed by atoms with van der Waals surface area (Å²) in [6.07, 6.45) is -7.97. The monoisotopic (exact) mass is 354 g/mol. The highest BCUT2D eigenvalue weighted by Gasteiger charge is 2.46. The van der Waals surface area contributed by atoms with Crippen LogP contribution in [-0.2, 0) is 6.18 Å². The van der Waals surface area contributed by atoms with Crippen molar-refractivity contribution in [2.24, 2.45) is 5.92 Å². The molecule has 0 bridgehead atoms. The number of rotatable bonds is 2. The molecule has 0 aliphatic heterocycles. The van der Waals surface area contributed by atoms with Crippen LogP contribution in [-0.4, -0.2) is 23.1 Å². The highest BCUT2D eigenvalue weighted by molar-refractivity contribution is 5.95. The van der Waals surface area contributed by atoms with Crippen LogP contribution in [0.25, 0.3) is 0 Å². The Morgan fingerprint density at radius 2 is 1.75 bits per heavy atom. The van der Waals surface area contributed by atoms with E-state index in [0.29, 0.717) is 18.9 Å². The van der Waals surface area contributed by atoms with E-state index in [0.717, 1.165) is 6.07 Å². The van der Waals surface area contributed by atoms with Gasteiger partial charge in [0.05, 0.1) is 17.2 Å². The Bertz CT molecular complexity index is 611. The molecular weight excluding hydrogens is 338 g/mol. The zero-order chi connectivity index (χ0) is 18.1. The van der Waals surface area contributed by atoms with E-state index in [-0.39, 0.29) is 24.1 Å². The molecule has 2 atom stereocenters. The highest BCUT2D eigenvalue weighted by atomic mass is 19.4. The summed E-state index contributed by atoms with van der Waals surface area (Å²) < 4.78 is 76.8. The second-order valence-corrected chi connectivity index (χ2v) is 5.84. The summed E-state index contributed by atoms with van der Waals surface area (Å²) in [5.41, 5.74) is -1.49. The number of carbonyl (C=O) groups is 1. The number of aromatic nitrogens is 1. The predicted octanol–water partition coefficient (Wildman–Crippen LogP) is 4.26. The topological polar surface area (TPSA) is 42.0 Å². The van der Waals surface area contributed by atoms with Crippen molar-refractivity contribution in [1.82, 2.24) is 10.3 Å². The van der Waals surface area contributed by atoms with Crippen molar-refractivity contribution in [3.05, 3.63) is 29.1 Å². The van der Waals surface area contributed by atoms with Gasteiger partial charge in [-0.15, -0.1) is 0 Å². The number of halogens is 6. The summed E-state index contributed by atoms with van der Waals surface area (Å²) in [6, 6.07) is 0.503. The van der Waals surface area contributed by atoms with E-state index >= 15 is 0 Å². The van der Waals surface area contributed by atoms with E-state index in [4.69, 9.17) is 0 Å². The molecule has 9 heteroatoms. The van der Waals surface area contributed by atoms with Gasteiger partial charge in [-0.1, -0.05) is 12.8 Å². The van der Waals surface area contributed by atoms with Crippen LogP contribution < -0.4 is 5.32 Å². The lowest BCUT2D eigenvalue weighted by Gasteiger charge is -2.33. The normalized spacial score (nSPS) is 22.3. The van der Waals surface area contributed by atoms with Gasteiger partial charge in [-0.3, -0.25) is 4.79 Å². The molecule has 1 fully saturated rings. The third kappa shape index (κ3) is 4.18. The van der Waals surface area contributed by atoms with Crippen molar-refractivity contribution < 1.29 is 31.1 Å². The number of amides is 1. The quantitative estimate of drug-likeness (QED) is 0.807. The summed E-state index contributed by atoms with van der Waals surface area (Å²) in [4.78, 5) is 15.5. The molecule has 2 rings (SSSR count). The second kappa shape index (κ2) is 6.60. The van der Waals surface area contributed by atoms with Gasteiger partial charge in [0, 0.05) is 6.04 Å². The molecule has 134 valence electrons. The molecule has 1 heterocycles. The van der Waals surface area contributed by atoms with Crippen molar-refractivity contribution in [2.45, 2.75) is 51.0 Å². The summed E-state index contributed by atoms with van der Waals surface area (Å²) in [5.74, 6) is -2.48. The molecule has 1 aliphatic rings. The Balaban J connectivity index is 2.17. The first-order valence-electron chi connectivity index (χ1n) is 7.42. The maximum Gasteiger partial charge on any atom is 0.433 e. The number of aryl methyl sites for hydroxylation is 1.